The van der Waals surface area contributed by atoms with Gasteiger partial charge in [-0.2, -0.15) is 0 Å². The summed E-state index contributed by atoms with van der Waals surface area (Å²) < 4.78 is 10.6. The van der Waals surface area contributed by atoms with Crippen LogP contribution in [0.25, 0.3) is 0 Å². The van der Waals surface area contributed by atoms with E-state index in [1.807, 2.05) is 6.07 Å². The molecule has 0 aromatic carbocycles. The number of hydrogen-bond donors (Lipinski definition) is 2. The Hall–Kier alpha value is -2.35. The van der Waals surface area contributed by atoms with Gasteiger partial charge in [0.05, 0.1) is 18.3 Å². The zero-order chi connectivity index (χ0) is 19.1. The van der Waals surface area contributed by atoms with Crippen molar-refractivity contribution in [2.75, 3.05) is 38.2 Å². The van der Waals surface area contributed by atoms with E-state index in [1.165, 1.54) is 0 Å². The summed E-state index contributed by atoms with van der Waals surface area (Å²) in [6, 6.07) is 3.64. The minimum atomic E-state index is -0.280. The molecule has 0 radical (unpaired) electrons. The van der Waals surface area contributed by atoms with Crippen molar-refractivity contribution in [2.24, 2.45) is 0 Å². The van der Waals surface area contributed by atoms with Crippen LogP contribution in [0.4, 0.5) is 10.6 Å². The van der Waals surface area contributed by atoms with Gasteiger partial charge in [0.15, 0.2) is 0 Å². The molecule has 2 amide bonds. The Morgan fingerprint density at radius 2 is 2.11 bits per heavy atom. The molecule has 2 aliphatic rings. The molecule has 2 saturated heterocycles. The number of amides is 2. The Kier molecular flexibility index (Phi) is 6.86. The van der Waals surface area contributed by atoms with Gasteiger partial charge in [0, 0.05) is 38.5 Å². The van der Waals surface area contributed by atoms with E-state index in [1.54, 1.807) is 24.1 Å². The number of nitrogens with zero attached hydrogens (tertiary/aromatic N) is 2. The number of pyridine rings is 1. The molecular weight excluding hydrogens is 348 g/mol. The lowest BCUT2D eigenvalue weighted by molar-refractivity contribution is 0.0859. The van der Waals surface area contributed by atoms with E-state index in [9.17, 15) is 9.59 Å². The number of carbonyl (C=O) groups is 2. The number of piperidine rings is 1. The quantitative estimate of drug-likeness (QED) is 0.789. The first-order valence-electron chi connectivity index (χ1n) is 9.69. The summed E-state index contributed by atoms with van der Waals surface area (Å²) in [4.78, 5) is 30.1. The summed E-state index contributed by atoms with van der Waals surface area (Å²) in [6.45, 7) is 4.92. The van der Waals surface area contributed by atoms with Crippen LogP contribution in [0.5, 0.6) is 0 Å². The third-order valence-corrected chi connectivity index (χ3v) is 4.92. The van der Waals surface area contributed by atoms with Gasteiger partial charge in [-0.15, -0.1) is 0 Å². The van der Waals surface area contributed by atoms with Crippen LogP contribution < -0.4 is 10.6 Å². The van der Waals surface area contributed by atoms with Crippen molar-refractivity contribution in [2.45, 2.75) is 44.8 Å². The fourth-order valence-corrected chi connectivity index (χ4v) is 3.35. The van der Waals surface area contributed by atoms with Crippen molar-refractivity contribution in [1.82, 2.24) is 15.2 Å². The molecule has 8 heteroatoms. The van der Waals surface area contributed by atoms with Gasteiger partial charge in [-0.05, 0) is 44.7 Å². The maximum atomic E-state index is 12.4. The highest BCUT2D eigenvalue weighted by molar-refractivity contribution is 5.94. The van der Waals surface area contributed by atoms with Crippen molar-refractivity contribution < 1.29 is 19.1 Å². The van der Waals surface area contributed by atoms with Crippen molar-refractivity contribution in [3.05, 3.63) is 23.9 Å². The number of hydrogen-bond acceptors (Lipinski definition) is 6. The smallest absolute Gasteiger partial charge is 0.409 e. The SMILES string of the molecule is CCOC(=O)N1CCC(NC(=O)c2ccc(NCC3CCCO3)nc2)CC1. The maximum Gasteiger partial charge on any atom is 0.409 e. The summed E-state index contributed by atoms with van der Waals surface area (Å²) in [5.41, 5.74) is 0.533. The molecule has 1 aromatic heterocycles. The van der Waals surface area contributed by atoms with Gasteiger partial charge in [-0.3, -0.25) is 4.79 Å². The molecule has 148 valence electrons. The molecule has 2 N–H and O–H groups in total. The number of aromatic nitrogens is 1. The minimum Gasteiger partial charge on any atom is -0.450 e. The summed E-state index contributed by atoms with van der Waals surface area (Å²) in [7, 11) is 0. The number of rotatable bonds is 6. The van der Waals surface area contributed by atoms with Gasteiger partial charge >= 0.3 is 6.09 Å². The molecule has 8 nitrogen and oxygen atoms in total. The van der Waals surface area contributed by atoms with Crippen LogP contribution in [-0.4, -0.2) is 66.9 Å². The summed E-state index contributed by atoms with van der Waals surface area (Å²) in [5, 5.41) is 6.27. The summed E-state index contributed by atoms with van der Waals surface area (Å²) in [5.74, 6) is 0.604. The van der Waals surface area contributed by atoms with E-state index in [2.05, 4.69) is 15.6 Å². The molecule has 2 fully saturated rings. The third-order valence-electron chi connectivity index (χ3n) is 4.92. The topological polar surface area (TPSA) is 92.8 Å². The third kappa shape index (κ3) is 5.56. The molecule has 1 unspecified atom stereocenters. The van der Waals surface area contributed by atoms with Gasteiger partial charge in [0.25, 0.3) is 5.91 Å². The van der Waals surface area contributed by atoms with Crippen molar-refractivity contribution >= 4 is 17.8 Å². The molecule has 0 spiro atoms. The largest absolute Gasteiger partial charge is 0.450 e. The second kappa shape index (κ2) is 9.55. The van der Waals surface area contributed by atoms with E-state index in [-0.39, 0.29) is 24.1 Å². The zero-order valence-electron chi connectivity index (χ0n) is 15.8. The van der Waals surface area contributed by atoms with Crippen molar-refractivity contribution in [3.63, 3.8) is 0 Å². The monoisotopic (exact) mass is 376 g/mol. The second-order valence-corrected chi connectivity index (χ2v) is 6.88. The highest BCUT2D eigenvalue weighted by Crippen LogP contribution is 2.14. The second-order valence-electron chi connectivity index (χ2n) is 6.88. The predicted molar refractivity (Wildman–Crippen MR) is 101 cm³/mol. The zero-order valence-corrected chi connectivity index (χ0v) is 15.8. The molecule has 3 heterocycles. The molecule has 0 bridgehead atoms. The first-order chi connectivity index (χ1) is 13.2. The molecule has 0 saturated carbocycles. The van der Waals surface area contributed by atoms with Crippen molar-refractivity contribution in [3.8, 4) is 0 Å². The van der Waals surface area contributed by atoms with Crippen LogP contribution in [0.15, 0.2) is 18.3 Å². The molecule has 2 aliphatic heterocycles. The van der Waals surface area contributed by atoms with Gasteiger partial charge in [-0.25, -0.2) is 9.78 Å². The number of nitrogens with one attached hydrogen (secondary N) is 2. The highest BCUT2D eigenvalue weighted by atomic mass is 16.6. The van der Waals surface area contributed by atoms with E-state index < -0.39 is 0 Å². The lowest BCUT2D eigenvalue weighted by Crippen LogP contribution is -2.46. The molecule has 1 atom stereocenters. The number of anilines is 1. The fraction of sp³-hybridized carbons (Fsp3) is 0.632. The van der Waals surface area contributed by atoms with Crippen LogP contribution in [0.3, 0.4) is 0 Å². The van der Waals surface area contributed by atoms with E-state index >= 15 is 0 Å². The standard InChI is InChI=1S/C19H28N4O4/c1-2-26-19(25)23-9-7-15(8-10-23)22-18(24)14-5-6-17(20-12-14)21-13-16-4-3-11-27-16/h5-6,12,15-16H,2-4,7-11,13H2,1H3,(H,20,21)(H,22,24). The fourth-order valence-electron chi connectivity index (χ4n) is 3.35. The Morgan fingerprint density at radius 3 is 2.74 bits per heavy atom. The molecular formula is C19H28N4O4. The maximum absolute atomic E-state index is 12.4. The average molecular weight is 376 g/mol. The first-order valence-corrected chi connectivity index (χ1v) is 9.69. The van der Waals surface area contributed by atoms with Crippen LogP contribution in [0.1, 0.15) is 43.0 Å². The van der Waals surface area contributed by atoms with Crippen LogP contribution in [0.2, 0.25) is 0 Å². The predicted octanol–water partition coefficient (Wildman–Crippen LogP) is 2.02. The number of likely N-dealkylation sites (tertiary alicyclic amines) is 1. The molecule has 3 rings (SSSR count). The van der Waals surface area contributed by atoms with Crippen LogP contribution in [0, 0.1) is 0 Å². The molecule has 27 heavy (non-hydrogen) atoms. The number of carbonyl (C=O) groups excluding carboxylic acids is 2. The average Bonchev–Trinajstić information content (AvgIpc) is 3.21. The van der Waals surface area contributed by atoms with Crippen LogP contribution in [-0.2, 0) is 9.47 Å². The Balaban J connectivity index is 1.42. The lowest BCUT2D eigenvalue weighted by atomic mass is 10.0. The highest BCUT2D eigenvalue weighted by Gasteiger charge is 2.25. The van der Waals surface area contributed by atoms with Crippen molar-refractivity contribution in [1.29, 1.82) is 0 Å². The molecule has 0 aliphatic carbocycles. The van der Waals surface area contributed by atoms with Gasteiger partial charge in [0.1, 0.15) is 5.82 Å². The Labute approximate surface area is 159 Å². The number of ether oxygens (including phenoxy) is 2. The van der Waals surface area contributed by atoms with Gasteiger partial charge in [0.2, 0.25) is 0 Å². The minimum absolute atomic E-state index is 0.0560. The Morgan fingerprint density at radius 1 is 1.30 bits per heavy atom. The first kappa shape index (κ1) is 19.4. The summed E-state index contributed by atoms with van der Waals surface area (Å²) >= 11 is 0. The molecule has 1 aromatic rings. The van der Waals surface area contributed by atoms with E-state index in [0.717, 1.165) is 44.7 Å². The van der Waals surface area contributed by atoms with Gasteiger partial charge in [-0.1, -0.05) is 0 Å². The van der Waals surface area contributed by atoms with Gasteiger partial charge < -0.3 is 25.0 Å². The Bertz CT molecular complexity index is 623. The van der Waals surface area contributed by atoms with Crippen LogP contribution >= 0.6 is 0 Å². The van der Waals surface area contributed by atoms with E-state index in [0.29, 0.717) is 25.3 Å². The lowest BCUT2D eigenvalue weighted by Gasteiger charge is -2.31. The normalized spacial score (nSPS) is 20.3. The van der Waals surface area contributed by atoms with E-state index in [4.69, 9.17) is 9.47 Å². The summed E-state index contributed by atoms with van der Waals surface area (Å²) in [6.07, 6.45) is 5.17.